The standard InChI is InChI=1S/C14H13IN2O3/c1-10-2-5-13(20-10)8-16-17-14(18)9-19-12-6-3-11(15)4-7-12/h2-8H,9H2,1H3,(H,17,18)/b16-8+. The van der Waals surface area contributed by atoms with Crippen LogP contribution in [0.5, 0.6) is 5.75 Å². The average Bonchev–Trinajstić information content (AvgIpc) is 2.84. The Morgan fingerprint density at radius 1 is 1.35 bits per heavy atom. The van der Waals surface area contributed by atoms with E-state index in [4.69, 9.17) is 9.15 Å². The third-order valence-corrected chi connectivity index (χ3v) is 3.04. The first kappa shape index (κ1) is 14.6. The van der Waals surface area contributed by atoms with Gasteiger partial charge in [-0.3, -0.25) is 4.79 Å². The number of nitrogens with zero attached hydrogens (tertiary/aromatic N) is 1. The molecule has 2 rings (SSSR count). The van der Waals surface area contributed by atoms with Crippen molar-refractivity contribution >= 4 is 34.7 Å². The zero-order valence-corrected chi connectivity index (χ0v) is 13.0. The molecule has 1 aromatic carbocycles. The van der Waals surface area contributed by atoms with Gasteiger partial charge in [0, 0.05) is 3.57 Å². The van der Waals surface area contributed by atoms with E-state index in [1.165, 1.54) is 6.21 Å². The molecule has 1 amide bonds. The van der Waals surface area contributed by atoms with Gasteiger partial charge in [0.1, 0.15) is 17.3 Å². The van der Waals surface area contributed by atoms with Crippen molar-refractivity contribution in [2.75, 3.05) is 6.61 Å². The van der Waals surface area contributed by atoms with E-state index in [2.05, 4.69) is 33.1 Å². The third-order valence-electron chi connectivity index (χ3n) is 2.33. The van der Waals surface area contributed by atoms with Crippen molar-refractivity contribution in [1.82, 2.24) is 5.43 Å². The Hall–Kier alpha value is -1.83. The van der Waals surface area contributed by atoms with Crippen molar-refractivity contribution in [2.45, 2.75) is 6.92 Å². The molecule has 0 aliphatic heterocycles. The smallest absolute Gasteiger partial charge is 0.277 e. The molecule has 0 radical (unpaired) electrons. The van der Waals surface area contributed by atoms with Gasteiger partial charge in [-0.25, -0.2) is 5.43 Å². The average molecular weight is 384 g/mol. The fourth-order valence-corrected chi connectivity index (χ4v) is 1.76. The molecule has 2 aromatic rings. The molecule has 5 nitrogen and oxygen atoms in total. The van der Waals surface area contributed by atoms with Crippen molar-refractivity contribution in [1.29, 1.82) is 0 Å². The Morgan fingerprint density at radius 2 is 2.10 bits per heavy atom. The van der Waals surface area contributed by atoms with E-state index < -0.39 is 0 Å². The Labute approximate surface area is 130 Å². The molecule has 0 bridgehead atoms. The van der Waals surface area contributed by atoms with E-state index in [9.17, 15) is 4.79 Å². The van der Waals surface area contributed by atoms with Gasteiger partial charge in [-0.2, -0.15) is 5.10 Å². The molecule has 0 unspecified atom stereocenters. The number of benzene rings is 1. The predicted molar refractivity (Wildman–Crippen MR) is 83.8 cm³/mol. The van der Waals surface area contributed by atoms with Gasteiger partial charge in [0.25, 0.3) is 5.91 Å². The highest BCUT2D eigenvalue weighted by Crippen LogP contribution is 2.13. The Bertz CT molecular complexity index is 605. The van der Waals surface area contributed by atoms with Crippen molar-refractivity contribution in [3.8, 4) is 5.75 Å². The van der Waals surface area contributed by atoms with Crippen molar-refractivity contribution in [2.24, 2.45) is 5.10 Å². The largest absolute Gasteiger partial charge is 0.484 e. The number of hydrogen-bond acceptors (Lipinski definition) is 4. The molecule has 104 valence electrons. The minimum absolute atomic E-state index is 0.0882. The van der Waals surface area contributed by atoms with E-state index in [1.54, 1.807) is 6.07 Å². The maximum atomic E-state index is 11.5. The number of furan rings is 1. The van der Waals surface area contributed by atoms with Crippen LogP contribution in [0.2, 0.25) is 0 Å². The maximum Gasteiger partial charge on any atom is 0.277 e. The number of hydrazone groups is 1. The van der Waals surface area contributed by atoms with Crippen LogP contribution in [-0.4, -0.2) is 18.7 Å². The molecular formula is C14H13IN2O3. The lowest BCUT2D eigenvalue weighted by molar-refractivity contribution is -0.123. The summed E-state index contributed by atoms with van der Waals surface area (Å²) in [6.45, 7) is 1.75. The number of nitrogens with one attached hydrogen (secondary N) is 1. The van der Waals surface area contributed by atoms with E-state index in [0.717, 1.165) is 9.33 Å². The number of hydrogen-bond donors (Lipinski definition) is 1. The Morgan fingerprint density at radius 3 is 2.75 bits per heavy atom. The monoisotopic (exact) mass is 384 g/mol. The number of amides is 1. The number of carbonyl (C=O) groups excluding carboxylic acids is 1. The summed E-state index contributed by atoms with van der Waals surface area (Å²) in [6, 6.07) is 11.0. The molecule has 0 atom stereocenters. The third kappa shape index (κ3) is 4.69. The van der Waals surface area contributed by atoms with Gasteiger partial charge in [0.2, 0.25) is 0 Å². The normalized spacial score (nSPS) is 10.7. The number of carbonyl (C=O) groups is 1. The van der Waals surface area contributed by atoms with Gasteiger partial charge in [-0.1, -0.05) is 0 Å². The molecule has 0 spiro atoms. The van der Waals surface area contributed by atoms with Crippen LogP contribution in [0.4, 0.5) is 0 Å². The maximum absolute atomic E-state index is 11.5. The van der Waals surface area contributed by atoms with E-state index in [-0.39, 0.29) is 12.5 Å². The predicted octanol–water partition coefficient (Wildman–Crippen LogP) is 2.72. The molecule has 20 heavy (non-hydrogen) atoms. The Kier molecular flexibility index (Phi) is 5.16. The van der Waals surface area contributed by atoms with Crippen LogP contribution in [0.25, 0.3) is 0 Å². The highest BCUT2D eigenvalue weighted by atomic mass is 127. The minimum atomic E-state index is -0.330. The van der Waals surface area contributed by atoms with E-state index in [1.807, 2.05) is 37.3 Å². The molecule has 0 saturated carbocycles. The second-order valence-electron chi connectivity index (χ2n) is 3.98. The summed E-state index contributed by atoms with van der Waals surface area (Å²) in [5, 5.41) is 3.78. The van der Waals surface area contributed by atoms with E-state index >= 15 is 0 Å². The highest BCUT2D eigenvalue weighted by Gasteiger charge is 2.01. The summed E-state index contributed by atoms with van der Waals surface area (Å²) in [4.78, 5) is 11.5. The number of rotatable bonds is 5. The van der Waals surface area contributed by atoms with Gasteiger partial charge in [0.05, 0.1) is 6.21 Å². The van der Waals surface area contributed by atoms with Crippen LogP contribution in [0.15, 0.2) is 45.9 Å². The lowest BCUT2D eigenvalue weighted by Crippen LogP contribution is -2.24. The first-order valence-electron chi connectivity index (χ1n) is 5.90. The molecule has 1 aromatic heterocycles. The topological polar surface area (TPSA) is 63.8 Å². The van der Waals surface area contributed by atoms with Crippen LogP contribution >= 0.6 is 22.6 Å². The van der Waals surface area contributed by atoms with Gasteiger partial charge >= 0.3 is 0 Å². The van der Waals surface area contributed by atoms with Gasteiger partial charge < -0.3 is 9.15 Å². The second kappa shape index (κ2) is 7.09. The summed E-state index contributed by atoms with van der Waals surface area (Å²) in [6.07, 6.45) is 1.44. The fourth-order valence-electron chi connectivity index (χ4n) is 1.40. The summed E-state index contributed by atoms with van der Waals surface area (Å²) in [5.74, 6) is 1.69. The lowest BCUT2D eigenvalue weighted by atomic mass is 10.3. The molecule has 0 aliphatic carbocycles. The summed E-state index contributed by atoms with van der Waals surface area (Å²) >= 11 is 2.20. The summed E-state index contributed by atoms with van der Waals surface area (Å²) in [7, 11) is 0. The first-order chi connectivity index (χ1) is 9.63. The van der Waals surface area contributed by atoms with Crippen LogP contribution in [0.3, 0.4) is 0 Å². The molecule has 1 N–H and O–H groups in total. The quantitative estimate of drug-likeness (QED) is 0.490. The number of halogens is 1. The summed E-state index contributed by atoms with van der Waals surface area (Å²) < 4.78 is 11.7. The molecule has 0 fully saturated rings. The molecule has 0 aliphatic rings. The zero-order valence-electron chi connectivity index (χ0n) is 10.8. The number of aryl methyl sites for hydroxylation is 1. The molecule has 0 saturated heterocycles. The van der Waals surface area contributed by atoms with Crippen LogP contribution < -0.4 is 10.2 Å². The Balaban J connectivity index is 1.75. The zero-order chi connectivity index (χ0) is 14.4. The van der Waals surface area contributed by atoms with Crippen molar-refractivity contribution < 1.29 is 13.9 Å². The second-order valence-corrected chi connectivity index (χ2v) is 5.23. The van der Waals surface area contributed by atoms with Crippen molar-refractivity contribution in [3.05, 3.63) is 51.5 Å². The van der Waals surface area contributed by atoms with Crippen molar-refractivity contribution in [3.63, 3.8) is 0 Å². The SMILES string of the molecule is Cc1ccc(/C=N/NC(=O)COc2ccc(I)cc2)o1. The lowest BCUT2D eigenvalue weighted by Gasteiger charge is -2.04. The van der Waals surface area contributed by atoms with Gasteiger partial charge in [-0.15, -0.1) is 0 Å². The first-order valence-corrected chi connectivity index (χ1v) is 6.98. The molecular weight excluding hydrogens is 371 g/mol. The highest BCUT2D eigenvalue weighted by molar-refractivity contribution is 14.1. The number of ether oxygens (including phenoxy) is 1. The molecule has 1 heterocycles. The minimum Gasteiger partial charge on any atom is -0.484 e. The fraction of sp³-hybridized carbons (Fsp3) is 0.143. The molecule has 6 heteroatoms. The van der Waals surface area contributed by atoms with Crippen LogP contribution in [0, 0.1) is 10.5 Å². The van der Waals surface area contributed by atoms with Gasteiger partial charge in [0.15, 0.2) is 6.61 Å². The van der Waals surface area contributed by atoms with E-state index in [0.29, 0.717) is 11.5 Å². The summed E-state index contributed by atoms with van der Waals surface area (Å²) in [5.41, 5.74) is 2.37. The van der Waals surface area contributed by atoms with Crippen LogP contribution in [-0.2, 0) is 4.79 Å². The van der Waals surface area contributed by atoms with Gasteiger partial charge in [-0.05, 0) is 65.9 Å². The van der Waals surface area contributed by atoms with Crippen LogP contribution in [0.1, 0.15) is 11.5 Å².